The van der Waals surface area contributed by atoms with Crippen LogP contribution < -0.4 is 10.6 Å². The van der Waals surface area contributed by atoms with E-state index in [-0.39, 0.29) is 62.7 Å². The molecule has 0 spiro atoms. The number of benzene rings is 1. The maximum atomic E-state index is 14.1. The van der Waals surface area contributed by atoms with Crippen LogP contribution >= 0.6 is 0 Å². The molecule has 15 heteroatoms. The van der Waals surface area contributed by atoms with Crippen molar-refractivity contribution in [3.63, 3.8) is 0 Å². The summed E-state index contributed by atoms with van der Waals surface area (Å²) in [6.07, 6.45) is -3.21. The Kier molecular flexibility index (Phi) is 9.62. The zero-order valence-corrected chi connectivity index (χ0v) is 25.6. The maximum Gasteiger partial charge on any atom is 0.408 e. The largest absolute Gasteiger partial charge is 0.445 e. The highest BCUT2D eigenvalue weighted by molar-refractivity contribution is 5.79. The van der Waals surface area contributed by atoms with E-state index in [1.54, 1.807) is 18.3 Å². The summed E-state index contributed by atoms with van der Waals surface area (Å²) in [6.45, 7) is 0.495. The van der Waals surface area contributed by atoms with Gasteiger partial charge in [-0.05, 0) is 43.6 Å². The van der Waals surface area contributed by atoms with Crippen LogP contribution in [-0.2, 0) is 27.3 Å². The lowest BCUT2D eigenvalue weighted by Gasteiger charge is -2.33. The van der Waals surface area contributed by atoms with Crippen molar-refractivity contribution in [2.75, 3.05) is 19.8 Å². The number of ether oxygens (including phenoxy) is 2. The molecule has 3 aromatic rings. The molecular weight excluding hydrogens is 627 g/mol. The fraction of sp³-hybridized carbons (Fsp3) is 0.594. The lowest BCUT2D eigenvalue weighted by Crippen LogP contribution is -2.47. The third kappa shape index (κ3) is 7.99. The molecule has 2 N–H and O–H groups in total. The van der Waals surface area contributed by atoms with Crippen molar-refractivity contribution in [1.29, 1.82) is 0 Å². The maximum absolute atomic E-state index is 14.1. The topological polar surface area (TPSA) is 120 Å². The van der Waals surface area contributed by atoms with Gasteiger partial charge in [0.2, 0.25) is 11.8 Å². The molecule has 1 aliphatic carbocycles. The molecule has 4 heterocycles. The van der Waals surface area contributed by atoms with Crippen LogP contribution in [0.2, 0.25) is 0 Å². The zero-order chi connectivity index (χ0) is 33.2. The SMILES string of the molecule is O=C(N[C@H](c1cn2nc(C[C@H]3C[C@@H](C(F)(F)F)CNC3=O)c(C3CCOCC3)nc2n1)C1CCC(F)(F)CC1)OCc1ccccc1. The zero-order valence-electron chi connectivity index (χ0n) is 25.6. The van der Waals surface area contributed by atoms with E-state index >= 15 is 0 Å². The normalized spacial score (nSPS) is 23.3. The standard InChI is InChI=1S/C32H37F5N6O4/c33-31(34)10-6-20(7-11-31)27(41-30(45)47-18-19-4-2-1-3-5-19)25-17-43-29(39-25)40-26(21-8-12-46-13-9-21)24(42-43)15-22-14-23(32(35,36)37)16-38-28(22)44/h1-5,17,20-23,27H,6-16,18H2,(H,38,44)(H,41,45)/t22-,23-,27+/m1/s1. The molecule has 2 aromatic heterocycles. The Hall–Kier alpha value is -3.88. The summed E-state index contributed by atoms with van der Waals surface area (Å²) in [5.41, 5.74) is 2.06. The van der Waals surface area contributed by atoms with Gasteiger partial charge in [0.05, 0.1) is 35.2 Å². The summed E-state index contributed by atoms with van der Waals surface area (Å²) < 4.78 is 81.3. The predicted molar refractivity (Wildman–Crippen MR) is 157 cm³/mol. The fourth-order valence-electron chi connectivity index (χ4n) is 6.76. The van der Waals surface area contributed by atoms with Crippen molar-refractivity contribution in [1.82, 2.24) is 30.2 Å². The van der Waals surface area contributed by atoms with Crippen LogP contribution in [-0.4, -0.2) is 63.4 Å². The number of rotatable bonds is 8. The Bertz CT molecular complexity index is 1550. The van der Waals surface area contributed by atoms with E-state index in [9.17, 15) is 31.5 Å². The number of piperidine rings is 1. The van der Waals surface area contributed by atoms with Gasteiger partial charge in [0.15, 0.2) is 0 Å². The molecule has 47 heavy (non-hydrogen) atoms. The highest BCUT2D eigenvalue weighted by Gasteiger charge is 2.45. The molecule has 1 saturated carbocycles. The number of carbonyl (C=O) groups excluding carboxylic acids is 2. The summed E-state index contributed by atoms with van der Waals surface area (Å²) in [5.74, 6) is -6.17. The number of imidazole rings is 1. The van der Waals surface area contributed by atoms with Gasteiger partial charge >= 0.3 is 12.3 Å². The number of hydrogen-bond acceptors (Lipinski definition) is 7. The van der Waals surface area contributed by atoms with Crippen molar-refractivity contribution in [2.45, 2.75) is 82.0 Å². The Morgan fingerprint density at radius 1 is 1.11 bits per heavy atom. The average Bonchev–Trinajstić information content (AvgIpc) is 3.46. The lowest BCUT2D eigenvalue weighted by atomic mass is 9.81. The van der Waals surface area contributed by atoms with E-state index in [4.69, 9.17) is 19.6 Å². The number of aromatic nitrogens is 4. The average molecular weight is 665 g/mol. The summed E-state index contributed by atoms with van der Waals surface area (Å²) in [6, 6.07) is 8.30. The quantitative estimate of drug-likeness (QED) is 0.298. The fourth-order valence-corrected chi connectivity index (χ4v) is 6.76. The van der Waals surface area contributed by atoms with Gasteiger partial charge < -0.3 is 20.1 Å². The number of alkyl carbamates (subject to hydrolysis) is 1. The molecule has 3 fully saturated rings. The molecule has 0 radical (unpaired) electrons. The van der Waals surface area contributed by atoms with Crippen LogP contribution in [0.15, 0.2) is 36.5 Å². The molecule has 3 aliphatic rings. The molecule has 0 bridgehead atoms. The summed E-state index contributed by atoms with van der Waals surface area (Å²) in [5, 5.41) is 9.94. The lowest BCUT2D eigenvalue weighted by molar-refractivity contribution is -0.183. The minimum absolute atomic E-state index is 0.0121. The summed E-state index contributed by atoms with van der Waals surface area (Å²) in [4.78, 5) is 35.2. The number of amides is 2. The first kappa shape index (κ1) is 33.0. The van der Waals surface area contributed by atoms with E-state index in [1.165, 1.54) is 4.52 Å². The Morgan fingerprint density at radius 3 is 2.53 bits per heavy atom. The van der Waals surface area contributed by atoms with Crippen molar-refractivity contribution >= 4 is 17.8 Å². The summed E-state index contributed by atoms with van der Waals surface area (Å²) in [7, 11) is 0. The number of alkyl halides is 5. The molecule has 1 aromatic carbocycles. The van der Waals surface area contributed by atoms with Crippen molar-refractivity contribution in [3.8, 4) is 0 Å². The number of nitrogens with one attached hydrogen (secondary N) is 2. The van der Waals surface area contributed by atoms with E-state index in [1.807, 2.05) is 18.2 Å². The third-order valence-electron chi connectivity index (χ3n) is 9.44. The smallest absolute Gasteiger partial charge is 0.408 e. The Morgan fingerprint density at radius 2 is 1.83 bits per heavy atom. The second kappa shape index (κ2) is 13.7. The van der Waals surface area contributed by atoms with Crippen molar-refractivity contribution < 1.29 is 41.0 Å². The van der Waals surface area contributed by atoms with Gasteiger partial charge in [-0.15, -0.1) is 0 Å². The minimum Gasteiger partial charge on any atom is -0.445 e. The second-order valence-corrected chi connectivity index (χ2v) is 12.7. The van der Waals surface area contributed by atoms with Gasteiger partial charge in [0.1, 0.15) is 6.61 Å². The van der Waals surface area contributed by atoms with Gasteiger partial charge in [-0.25, -0.2) is 28.1 Å². The second-order valence-electron chi connectivity index (χ2n) is 12.7. The first-order valence-corrected chi connectivity index (χ1v) is 16.0. The van der Waals surface area contributed by atoms with Crippen molar-refractivity contribution in [3.05, 3.63) is 59.2 Å². The third-order valence-corrected chi connectivity index (χ3v) is 9.44. The predicted octanol–water partition coefficient (Wildman–Crippen LogP) is 5.67. The number of nitrogens with zero attached hydrogens (tertiary/aromatic N) is 4. The van der Waals surface area contributed by atoms with Gasteiger partial charge in [-0.2, -0.15) is 18.3 Å². The molecule has 6 rings (SSSR count). The van der Waals surface area contributed by atoms with Crippen LogP contribution in [0.4, 0.5) is 26.7 Å². The molecular formula is C32H37F5N6O4. The van der Waals surface area contributed by atoms with Crippen LogP contribution in [0.1, 0.15) is 79.6 Å². The van der Waals surface area contributed by atoms with Crippen molar-refractivity contribution in [2.24, 2.45) is 17.8 Å². The molecule has 2 saturated heterocycles. The molecule has 254 valence electrons. The van der Waals surface area contributed by atoms with Gasteiger partial charge in [0.25, 0.3) is 5.78 Å². The van der Waals surface area contributed by atoms with E-state index in [0.717, 1.165) is 5.56 Å². The monoisotopic (exact) mass is 664 g/mol. The first-order valence-electron chi connectivity index (χ1n) is 16.0. The number of fused-ring (bicyclic) bond motifs is 1. The Labute approximate surface area is 267 Å². The van der Waals surface area contributed by atoms with Crippen LogP contribution in [0, 0.1) is 17.8 Å². The van der Waals surface area contributed by atoms with E-state index < -0.39 is 48.5 Å². The van der Waals surface area contributed by atoms with E-state index in [0.29, 0.717) is 43.1 Å². The highest BCUT2D eigenvalue weighted by atomic mass is 19.4. The van der Waals surface area contributed by atoms with E-state index in [2.05, 4.69) is 15.6 Å². The highest BCUT2D eigenvalue weighted by Crippen LogP contribution is 2.42. The van der Waals surface area contributed by atoms with Gasteiger partial charge in [0, 0.05) is 50.9 Å². The molecule has 3 atom stereocenters. The number of carbonyl (C=O) groups is 2. The number of halogens is 5. The van der Waals surface area contributed by atoms with Gasteiger partial charge in [-0.3, -0.25) is 4.79 Å². The molecule has 2 aliphatic heterocycles. The van der Waals surface area contributed by atoms with Crippen LogP contribution in [0.3, 0.4) is 0 Å². The van der Waals surface area contributed by atoms with Crippen LogP contribution in [0.25, 0.3) is 5.78 Å². The molecule has 2 amide bonds. The molecule has 0 unspecified atom stereocenters. The molecule has 10 nitrogen and oxygen atoms in total. The first-order chi connectivity index (χ1) is 22.4. The minimum atomic E-state index is -4.45. The Balaban J connectivity index is 1.30. The number of hydrogen-bond donors (Lipinski definition) is 2. The summed E-state index contributed by atoms with van der Waals surface area (Å²) >= 11 is 0. The van der Waals surface area contributed by atoms with Crippen LogP contribution in [0.5, 0.6) is 0 Å². The van der Waals surface area contributed by atoms with Gasteiger partial charge in [-0.1, -0.05) is 30.3 Å².